The van der Waals surface area contributed by atoms with Gasteiger partial charge in [0.1, 0.15) is 6.07 Å². The van der Waals surface area contributed by atoms with Crippen LogP contribution >= 0.6 is 15.9 Å². The molecule has 7 heteroatoms. The first-order valence-corrected chi connectivity index (χ1v) is 8.88. The number of likely N-dealkylation sites (N-methyl/N-ethyl adjacent to an activating group) is 1. The molecule has 2 atom stereocenters. The zero-order valence-corrected chi connectivity index (χ0v) is 16.1. The molecule has 0 saturated heterocycles. The molecule has 2 rings (SSSR count). The number of nitrogens with one attached hydrogen (secondary N) is 3. The van der Waals surface area contributed by atoms with Crippen molar-refractivity contribution < 1.29 is 14.5 Å². The van der Waals surface area contributed by atoms with Gasteiger partial charge in [-0.1, -0.05) is 24.3 Å². The van der Waals surface area contributed by atoms with E-state index in [4.69, 9.17) is 5.26 Å². The molecule has 0 aromatic heterocycles. The Kier molecular flexibility index (Phi) is 6.89. The SMILES string of the molecule is C[C@@H](C(=O)Nc1ccccc1C#N)[NH+](C)CC(=O)Nc1ccccc1Br. The van der Waals surface area contributed by atoms with E-state index in [1.54, 1.807) is 44.3 Å². The van der Waals surface area contributed by atoms with Crippen molar-refractivity contribution in [1.82, 2.24) is 0 Å². The highest BCUT2D eigenvalue weighted by Crippen LogP contribution is 2.20. The van der Waals surface area contributed by atoms with E-state index in [9.17, 15) is 9.59 Å². The Morgan fingerprint density at radius 1 is 1.12 bits per heavy atom. The highest BCUT2D eigenvalue weighted by molar-refractivity contribution is 9.10. The van der Waals surface area contributed by atoms with Crippen molar-refractivity contribution in [1.29, 1.82) is 5.26 Å². The first-order valence-electron chi connectivity index (χ1n) is 8.09. The maximum atomic E-state index is 12.4. The molecule has 0 aliphatic heterocycles. The van der Waals surface area contributed by atoms with Crippen molar-refractivity contribution in [3.63, 3.8) is 0 Å². The van der Waals surface area contributed by atoms with Gasteiger partial charge in [0.15, 0.2) is 12.6 Å². The number of anilines is 2. The number of hydrogen-bond acceptors (Lipinski definition) is 3. The summed E-state index contributed by atoms with van der Waals surface area (Å²) in [6, 6.07) is 15.7. The predicted octanol–water partition coefficient (Wildman–Crippen LogP) is 1.80. The maximum absolute atomic E-state index is 12.4. The van der Waals surface area contributed by atoms with E-state index in [-0.39, 0.29) is 18.4 Å². The number of amides is 2. The zero-order valence-electron chi connectivity index (χ0n) is 14.5. The highest BCUT2D eigenvalue weighted by Gasteiger charge is 2.24. The lowest BCUT2D eigenvalue weighted by molar-refractivity contribution is -0.885. The van der Waals surface area contributed by atoms with Crippen LogP contribution in [0.3, 0.4) is 0 Å². The van der Waals surface area contributed by atoms with Gasteiger partial charge >= 0.3 is 0 Å². The monoisotopic (exact) mass is 415 g/mol. The molecule has 0 radical (unpaired) electrons. The average molecular weight is 416 g/mol. The van der Waals surface area contributed by atoms with Gasteiger partial charge in [-0.2, -0.15) is 5.26 Å². The molecule has 0 bridgehead atoms. The highest BCUT2D eigenvalue weighted by atomic mass is 79.9. The summed E-state index contributed by atoms with van der Waals surface area (Å²) >= 11 is 3.38. The molecule has 0 aliphatic rings. The van der Waals surface area contributed by atoms with Gasteiger partial charge in [-0.3, -0.25) is 9.59 Å². The van der Waals surface area contributed by atoms with E-state index in [1.807, 2.05) is 24.3 Å². The number of nitriles is 1. The fourth-order valence-corrected chi connectivity index (χ4v) is 2.70. The summed E-state index contributed by atoms with van der Waals surface area (Å²) in [4.78, 5) is 25.4. The minimum atomic E-state index is -0.466. The molecule has 0 aliphatic carbocycles. The first-order chi connectivity index (χ1) is 12.4. The van der Waals surface area contributed by atoms with Gasteiger partial charge in [-0.25, -0.2) is 0 Å². The van der Waals surface area contributed by atoms with Gasteiger partial charge in [0.05, 0.1) is 24.0 Å². The lowest BCUT2D eigenvalue weighted by Gasteiger charge is -2.21. The smallest absolute Gasteiger partial charge is 0.282 e. The van der Waals surface area contributed by atoms with E-state index < -0.39 is 6.04 Å². The molecule has 0 saturated carbocycles. The average Bonchev–Trinajstić information content (AvgIpc) is 2.63. The molecule has 0 fully saturated rings. The fourth-order valence-electron chi connectivity index (χ4n) is 2.32. The second kappa shape index (κ2) is 9.13. The molecule has 2 aromatic carbocycles. The van der Waals surface area contributed by atoms with Crippen LogP contribution in [-0.4, -0.2) is 31.4 Å². The second-order valence-electron chi connectivity index (χ2n) is 5.92. The molecule has 6 nitrogen and oxygen atoms in total. The number of para-hydroxylation sites is 2. The van der Waals surface area contributed by atoms with Gasteiger partial charge in [0.2, 0.25) is 0 Å². The van der Waals surface area contributed by atoms with Crippen molar-refractivity contribution in [2.24, 2.45) is 0 Å². The van der Waals surface area contributed by atoms with Crippen molar-refractivity contribution in [3.05, 3.63) is 58.6 Å². The van der Waals surface area contributed by atoms with Crippen LogP contribution in [0.4, 0.5) is 11.4 Å². The number of carbonyl (C=O) groups excluding carboxylic acids is 2. The van der Waals surface area contributed by atoms with Crippen LogP contribution in [-0.2, 0) is 9.59 Å². The standard InChI is InChI=1S/C19H19BrN4O2/c1-13(19(26)23-16-9-5-3-7-14(16)11-21)24(2)12-18(25)22-17-10-6-4-8-15(17)20/h3-10,13H,12H2,1-2H3,(H,22,25)(H,23,26)/p+1/t13-/m0/s1. The minimum absolute atomic E-state index is 0.135. The van der Waals surface area contributed by atoms with Gasteiger partial charge in [0.25, 0.3) is 11.8 Å². The summed E-state index contributed by atoms with van der Waals surface area (Å²) in [5, 5.41) is 14.7. The van der Waals surface area contributed by atoms with Crippen molar-refractivity contribution >= 4 is 39.1 Å². The predicted molar refractivity (Wildman–Crippen MR) is 104 cm³/mol. The Balaban J connectivity index is 1.95. The first kappa shape index (κ1) is 19.6. The minimum Gasteiger partial charge on any atom is -0.320 e. The summed E-state index contributed by atoms with van der Waals surface area (Å²) < 4.78 is 0.796. The van der Waals surface area contributed by atoms with Gasteiger partial charge in [-0.15, -0.1) is 0 Å². The molecule has 26 heavy (non-hydrogen) atoms. The molecule has 2 aromatic rings. The van der Waals surface area contributed by atoms with Gasteiger partial charge < -0.3 is 15.5 Å². The van der Waals surface area contributed by atoms with Crippen molar-refractivity contribution in [2.45, 2.75) is 13.0 Å². The van der Waals surface area contributed by atoms with Crippen LogP contribution in [0.5, 0.6) is 0 Å². The Morgan fingerprint density at radius 2 is 1.73 bits per heavy atom. The third-order valence-electron chi connectivity index (χ3n) is 4.03. The summed E-state index contributed by atoms with van der Waals surface area (Å²) in [7, 11) is 1.78. The van der Waals surface area contributed by atoms with Crippen LogP contribution in [0.15, 0.2) is 53.0 Å². The van der Waals surface area contributed by atoms with E-state index >= 15 is 0 Å². The quantitative estimate of drug-likeness (QED) is 0.672. The molecule has 134 valence electrons. The van der Waals surface area contributed by atoms with E-state index in [1.165, 1.54) is 0 Å². The van der Waals surface area contributed by atoms with Crippen molar-refractivity contribution in [2.75, 3.05) is 24.2 Å². The van der Waals surface area contributed by atoms with Crippen LogP contribution in [0.2, 0.25) is 0 Å². The number of benzene rings is 2. The van der Waals surface area contributed by atoms with Gasteiger partial charge in [0, 0.05) is 4.47 Å². The Morgan fingerprint density at radius 3 is 2.38 bits per heavy atom. The number of carbonyl (C=O) groups is 2. The number of hydrogen-bond donors (Lipinski definition) is 3. The van der Waals surface area contributed by atoms with Crippen LogP contribution < -0.4 is 15.5 Å². The Labute approximate surface area is 160 Å². The van der Waals surface area contributed by atoms with E-state index in [0.717, 1.165) is 9.37 Å². The van der Waals surface area contributed by atoms with Crippen molar-refractivity contribution in [3.8, 4) is 6.07 Å². The summed E-state index contributed by atoms with van der Waals surface area (Å²) in [5.41, 5.74) is 1.56. The van der Waals surface area contributed by atoms with E-state index in [2.05, 4.69) is 26.6 Å². The largest absolute Gasteiger partial charge is 0.320 e. The molecular weight excluding hydrogens is 396 g/mol. The number of rotatable bonds is 6. The summed E-state index contributed by atoms with van der Waals surface area (Å²) in [6.07, 6.45) is 0. The van der Waals surface area contributed by atoms with Crippen LogP contribution in [0.1, 0.15) is 12.5 Å². The van der Waals surface area contributed by atoms with Crippen LogP contribution in [0.25, 0.3) is 0 Å². The molecule has 0 spiro atoms. The molecule has 2 amide bonds. The normalized spacial score (nSPS) is 12.5. The lowest BCUT2D eigenvalue weighted by atomic mass is 10.2. The number of halogens is 1. The van der Waals surface area contributed by atoms with E-state index in [0.29, 0.717) is 16.9 Å². The second-order valence-corrected chi connectivity index (χ2v) is 6.77. The molecular formula is C19H20BrN4O2+. The Bertz CT molecular complexity index is 847. The molecule has 3 N–H and O–H groups in total. The third kappa shape index (κ3) is 5.15. The Hall–Kier alpha value is -2.69. The fraction of sp³-hybridized carbons (Fsp3) is 0.211. The zero-order chi connectivity index (χ0) is 19.1. The maximum Gasteiger partial charge on any atom is 0.282 e. The number of nitrogens with zero attached hydrogens (tertiary/aromatic N) is 1. The van der Waals surface area contributed by atoms with Crippen LogP contribution in [0, 0.1) is 11.3 Å². The summed E-state index contributed by atoms with van der Waals surface area (Å²) in [6.45, 7) is 1.88. The number of quaternary nitrogens is 1. The topological polar surface area (TPSA) is 86.4 Å². The molecule has 0 heterocycles. The van der Waals surface area contributed by atoms with Gasteiger partial charge in [-0.05, 0) is 47.1 Å². The lowest BCUT2D eigenvalue weighted by Crippen LogP contribution is -3.14. The molecule has 1 unspecified atom stereocenters. The summed E-state index contributed by atoms with van der Waals surface area (Å²) in [5.74, 6) is -0.439. The third-order valence-corrected chi connectivity index (χ3v) is 4.72.